The highest BCUT2D eigenvalue weighted by Gasteiger charge is 2.47. The fourth-order valence-electron chi connectivity index (χ4n) is 2.80. The van der Waals surface area contributed by atoms with Gasteiger partial charge in [-0.3, -0.25) is 9.59 Å². The normalized spacial score (nSPS) is 23.8. The van der Waals surface area contributed by atoms with E-state index in [2.05, 4.69) is 6.58 Å². The number of rotatable bonds is 8. The molecule has 6 nitrogen and oxygen atoms in total. The van der Waals surface area contributed by atoms with E-state index in [-0.39, 0.29) is 13.2 Å². The number of hydrogen-bond acceptors (Lipinski definition) is 5. The first kappa shape index (κ1) is 19.2. The van der Waals surface area contributed by atoms with Crippen molar-refractivity contribution in [3.8, 4) is 0 Å². The maximum Gasteiger partial charge on any atom is 0.333 e. The second-order valence-corrected chi connectivity index (χ2v) is 6.31. The molecule has 1 fully saturated rings. The average Bonchev–Trinajstić information content (AvgIpc) is 2.50. The molecule has 1 N–H and O–H groups in total. The Morgan fingerprint density at radius 3 is 2.35 bits per heavy atom. The van der Waals surface area contributed by atoms with Gasteiger partial charge in [-0.2, -0.15) is 0 Å². The van der Waals surface area contributed by atoms with Crippen LogP contribution in [0.5, 0.6) is 0 Å². The number of carboxylic acid groups (broad SMARTS) is 1. The Morgan fingerprint density at radius 2 is 1.78 bits per heavy atom. The number of carbonyl (C=O) groups excluding carboxylic acids is 2. The topological polar surface area (TPSA) is 89.9 Å². The molecule has 0 bridgehead atoms. The van der Waals surface area contributed by atoms with Crippen molar-refractivity contribution in [3.63, 3.8) is 0 Å². The Morgan fingerprint density at radius 1 is 1.17 bits per heavy atom. The van der Waals surface area contributed by atoms with Crippen LogP contribution in [0.3, 0.4) is 0 Å². The number of hydrogen-bond donors (Lipinski definition) is 1. The summed E-state index contributed by atoms with van der Waals surface area (Å²) >= 11 is 0. The van der Waals surface area contributed by atoms with Gasteiger partial charge in [0.2, 0.25) is 0 Å². The van der Waals surface area contributed by atoms with Gasteiger partial charge in [0, 0.05) is 5.57 Å². The van der Waals surface area contributed by atoms with Gasteiger partial charge in [-0.15, -0.1) is 0 Å². The first-order valence-electron chi connectivity index (χ1n) is 8.01. The van der Waals surface area contributed by atoms with E-state index in [4.69, 9.17) is 9.47 Å². The lowest BCUT2D eigenvalue weighted by Crippen LogP contribution is -2.43. The van der Waals surface area contributed by atoms with E-state index in [9.17, 15) is 19.5 Å². The zero-order valence-electron chi connectivity index (χ0n) is 13.9. The third kappa shape index (κ3) is 5.37. The van der Waals surface area contributed by atoms with E-state index in [1.165, 1.54) is 0 Å². The smallest absolute Gasteiger partial charge is 0.333 e. The Labute approximate surface area is 136 Å². The molecular formula is C17H26O6. The average molecular weight is 326 g/mol. The van der Waals surface area contributed by atoms with Crippen molar-refractivity contribution in [2.75, 3.05) is 13.2 Å². The molecule has 0 aromatic carbocycles. The molecule has 0 radical (unpaired) electrons. The number of ether oxygens (including phenoxy) is 2. The first-order chi connectivity index (χ1) is 10.8. The van der Waals surface area contributed by atoms with Crippen molar-refractivity contribution in [3.05, 3.63) is 12.2 Å². The highest BCUT2D eigenvalue weighted by molar-refractivity contribution is 5.87. The van der Waals surface area contributed by atoms with Crippen LogP contribution in [0.2, 0.25) is 0 Å². The van der Waals surface area contributed by atoms with Gasteiger partial charge in [-0.05, 0) is 39.5 Å². The fourth-order valence-corrected chi connectivity index (χ4v) is 2.80. The molecule has 2 unspecified atom stereocenters. The SMILES string of the molecule is C=C(C)C(=O)OCCCCOC(=O)C1(C)CCCCC1C(=O)O. The molecular weight excluding hydrogens is 300 g/mol. The number of carbonyl (C=O) groups is 3. The maximum absolute atomic E-state index is 12.3. The Bertz CT molecular complexity index is 470. The van der Waals surface area contributed by atoms with E-state index in [0.29, 0.717) is 31.3 Å². The van der Waals surface area contributed by atoms with Crippen LogP contribution in [0.15, 0.2) is 12.2 Å². The molecule has 0 aromatic heterocycles. The van der Waals surface area contributed by atoms with Crippen LogP contribution in [0.1, 0.15) is 52.4 Å². The van der Waals surface area contributed by atoms with Gasteiger partial charge in [0.1, 0.15) is 0 Å². The lowest BCUT2D eigenvalue weighted by molar-refractivity contribution is -0.169. The minimum Gasteiger partial charge on any atom is -0.481 e. The van der Waals surface area contributed by atoms with Gasteiger partial charge in [0.25, 0.3) is 0 Å². The number of aliphatic carboxylic acids is 1. The molecule has 23 heavy (non-hydrogen) atoms. The third-order valence-electron chi connectivity index (χ3n) is 4.33. The minimum absolute atomic E-state index is 0.200. The van der Waals surface area contributed by atoms with Gasteiger partial charge in [-0.25, -0.2) is 4.79 Å². The summed E-state index contributed by atoms with van der Waals surface area (Å²) in [4.78, 5) is 34.8. The first-order valence-corrected chi connectivity index (χ1v) is 8.01. The van der Waals surface area contributed by atoms with Crippen molar-refractivity contribution in [1.29, 1.82) is 0 Å². The van der Waals surface area contributed by atoms with Crippen LogP contribution in [0.25, 0.3) is 0 Å². The molecule has 0 aromatic rings. The molecule has 1 aliphatic carbocycles. The highest BCUT2D eigenvalue weighted by atomic mass is 16.5. The summed E-state index contributed by atoms with van der Waals surface area (Å²) in [6.07, 6.45) is 3.85. The quantitative estimate of drug-likeness (QED) is 0.419. The summed E-state index contributed by atoms with van der Waals surface area (Å²) in [7, 11) is 0. The Hall–Kier alpha value is -1.85. The van der Waals surface area contributed by atoms with E-state index >= 15 is 0 Å². The summed E-state index contributed by atoms with van der Waals surface area (Å²) in [6, 6.07) is 0. The van der Waals surface area contributed by atoms with Crippen molar-refractivity contribution in [2.45, 2.75) is 52.4 Å². The van der Waals surface area contributed by atoms with Crippen molar-refractivity contribution < 1.29 is 29.0 Å². The van der Waals surface area contributed by atoms with Crippen LogP contribution >= 0.6 is 0 Å². The zero-order chi connectivity index (χ0) is 17.5. The molecule has 1 rings (SSSR count). The number of unbranched alkanes of at least 4 members (excludes halogenated alkanes) is 1. The predicted molar refractivity (Wildman–Crippen MR) is 83.7 cm³/mol. The van der Waals surface area contributed by atoms with Crippen LogP contribution in [-0.4, -0.2) is 36.2 Å². The molecule has 6 heteroatoms. The number of carboxylic acids is 1. The van der Waals surface area contributed by atoms with Crippen molar-refractivity contribution >= 4 is 17.9 Å². The zero-order valence-corrected chi connectivity index (χ0v) is 13.9. The lowest BCUT2D eigenvalue weighted by Gasteiger charge is -2.36. The summed E-state index contributed by atoms with van der Waals surface area (Å²) in [6.45, 7) is 7.19. The van der Waals surface area contributed by atoms with Gasteiger partial charge >= 0.3 is 17.9 Å². The maximum atomic E-state index is 12.3. The summed E-state index contributed by atoms with van der Waals surface area (Å²) in [5, 5.41) is 9.30. The second kappa shape index (κ2) is 8.70. The molecule has 0 saturated heterocycles. The summed E-state index contributed by atoms with van der Waals surface area (Å²) < 4.78 is 10.2. The van der Waals surface area contributed by atoms with Crippen LogP contribution in [0, 0.1) is 11.3 Å². The van der Waals surface area contributed by atoms with Crippen LogP contribution in [-0.2, 0) is 23.9 Å². The van der Waals surface area contributed by atoms with Crippen LogP contribution < -0.4 is 0 Å². The summed E-state index contributed by atoms with van der Waals surface area (Å²) in [5.41, 5.74) is -0.599. The molecule has 2 atom stereocenters. The summed E-state index contributed by atoms with van der Waals surface area (Å²) in [5.74, 6) is -2.49. The van der Waals surface area contributed by atoms with E-state index < -0.39 is 29.2 Å². The number of esters is 2. The molecule has 0 amide bonds. The van der Waals surface area contributed by atoms with Gasteiger partial charge in [0.05, 0.1) is 24.5 Å². The predicted octanol–water partition coefficient (Wildman–Crippen LogP) is 2.71. The lowest BCUT2D eigenvalue weighted by atomic mass is 9.67. The van der Waals surface area contributed by atoms with E-state index in [1.807, 2.05) is 0 Å². The second-order valence-electron chi connectivity index (χ2n) is 6.31. The molecule has 0 aliphatic heterocycles. The molecule has 1 saturated carbocycles. The van der Waals surface area contributed by atoms with E-state index in [1.54, 1.807) is 13.8 Å². The van der Waals surface area contributed by atoms with Crippen LogP contribution in [0.4, 0.5) is 0 Å². The van der Waals surface area contributed by atoms with Gasteiger partial charge < -0.3 is 14.6 Å². The van der Waals surface area contributed by atoms with Crippen molar-refractivity contribution in [1.82, 2.24) is 0 Å². The molecule has 1 aliphatic rings. The van der Waals surface area contributed by atoms with Gasteiger partial charge in [-0.1, -0.05) is 19.4 Å². The van der Waals surface area contributed by atoms with E-state index in [0.717, 1.165) is 12.8 Å². The monoisotopic (exact) mass is 326 g/mol. The van der Waals surface area contributed by atoms with Crippen molar-refractivity contribution in [2.24, 2.45) is 11.3 Å². The largest absolute Gasteiger partial charge is 0.481 e. The third-order valence-corrected chi connectivity index (χ3v) is 4.33. The Kier molecular flexibility index (Phi) is 7.26. The minimum atomic E-state index is -0.948. The molecule has 0 spiro atoms. The van der Waals surface area contributed by atoms with Gasteiger partial charge in [0.15, 0.2) is 0 Å². The molecule has 130 valence electrons. The highest BCUT2D eigenvalue weighted by Crippen LogP contribution is 2.42. The molecule has 0 heterocycles. The standard InChI is InChI=1S/C17H26O6/c1-12(2)15(20)22-10-6-7-11-23-16(21)17(3)9-5-4-8-13(17)14(18)19/h13H,1,4-11H2,2-3H3,(H,18,19). The Balaban J connectivity index is 2.34. The fraction of sp³-hybridized carbons (Fsp3) is 0.706.